The monoisotopic (exact) mass is 324 g/mol. The lowest BCUT2D eigenvalue weighted by molar-refractivity contribution is 0.182. The zero-order valence-electron chi connectivity index (χ0n) is 11.0. The molecule has 1 atom stereocenters. The third kappa shape index (κ3) is 3.20. The summed E-state index contributed by atoms with van der Waals surface area (Å²) in [7, 11) is 1.67. The number of nitrogens with zero attached hydrogens (tertiary/aromatic N) is 3. The topological polar surface area (TPSA) is 66.0 Å². The molecule has 0 aromatic carbocycles. The maximum Gasteiger partial charge on any atom is 0.0908 e. The van der Waals surface area contributed by atoms with Gasteiger partial charge in [0.15, 0.2) is 0 Å². The van der Waals surface area contributed by atoms with Crippen molar-refractivity contribution in [2.45, 2.75) is 19.5 Å². The minimum atomic E-state index is -0.311. The molecule has 6 heteroatoms. The molecule has 2 aromatic heterocycles. The average Bonchev–Trinajstić information content (AvgIpc) is 2.76. The highest BCUT2D eigenvalue weighted by Gasteiger charge is 2.19. The molecule has 0 aliphatic carbocycles. The number of hydrogen-bond donors (Lipinski definition) is 1. The number of aromatic nitrogens is 3. The molecule has 102 valence electrons. The summed E-state index contributed by atoms with van der Waals surface area (Å²) in [4.78, 5) is 4.47. The van der Waals surface area contributed by atoms with Gasteiger partial charge in [-0.3, -0.25) is 9.67 Å². The molecule has 2 rings (SSSR count). The van der Waals surface area contributed by atoms with Crippen LogP contribution >= 0.6 is 15.9 Å². The SMILES string of the molecule is COCCn1ncc(Br)c1C(N)c1cccc(C)n1. The molecule has 0 bridgehead atoms. The van der Waals surface area contributed by atoms with E-state index in [0.717, 1.165) is 21.6 Å². The fourth-order valence-electron chi connectivity index (χ4n) is 1.91. The molecule has 1 unspecified atom stereocenters. The van der Waals surface area contributed by atoms with E-state index in [-0.39, 0.29) is 6.04 Å². The summed E-state index contributed by atoms with van der Waals surface area (Å²) in [5.41, 5.74) is 9.01. The standard InChI is InChI=1S/C13H17BrN4O/c1-9-4-3-5-11(17-9)12(15)13-10(14)8-16-18(13)6-7-19-2/h3-5,8,12H,6-7,15H2,1-2H3. The Morgan fingerprint density at radius 2 is 2.26 bits per heavy atom. The van der Waals surface area contributed by atoms with Gasteiger partial charge in [0.1, 0.15) is 0 Å². The van der Waals surface area contributed by atoms with E-state index in [2.05, 4.69) is 26.0 Å². The van der Waals surface area contributed by atoms with Gasteiger partial charge in [0.2, 0.25) is 0 Å². The van der Waals surface area contributed by atoms with Crippen molar-refractivity contribution in [3.05, 3.63) is 46.0 Å². The van der Waals surface area contributed by atoms with E-state index in [1.54, 1.807) is 13.3 Å². The minimum absolute atomic E-state index is 0.311. The third-order valence-corrected chi connectivity index (χ3v) is 3.47. The summed E-state index contributed by atoms with van der Waals surface area (Å²) in [5, 5.41) is 4.30. The van der Waals surface area contributed by atoms with Crippen molar-refractivity contribution < 1.29 is 4.74 Å². The minimum Gasteiger partial charge on any atom is -0.383 e. The Morgan fingerprint density at radius 3 is 2.95 bits per heavy atom. The Hall–Kier alpha value is -1.24. The Morgan fingerprint density at radius 1 is 1.47 bits per heavy atom. The number of hydrogen-bond acceptors (Lipinski definition) is 4. The molecular weight excluding hydrogens is 308 g/mol. The van der Waals surface area contributed by atoms with Crippen LogP contribution in [0, 0.1) is 6.92 Å². The number of aryl methyl sites for hydroxylation is 1. The first kappa shape index (κ1) is 14.2. The van der Waals surface area contributed by atoms with Crippen molar-refractivity contribution >= 4 is 15.9 Å². The third-order valence-electron chi connectivity index (χ3n) is 2.86. The predicted octanol–water partition coefficient (Wildman–Crippen LogP) is 2.04. The average molecular weight is 325 g/mol. The molecular formula is C13H17BrN4O. The highest BCUT2D eigenvalue weighted by molar-refractivity contribution is 9.10. The maximum atomic E-state index is 6.31. The van der Waals surface area contributed by atoms with Gasteiger partial charge >= 0.3 is 0 Å². The lowest BCUT2D eigenvalue weighted by atomic mass is 10.1. The Bertz CT molecular complexity index is 555. The van der Waals surface area contributed by atoms with Crippen LogP contribution in [0.4, 0.5) is 0 Å². The summed E-state index contributed by atoms with van der Waals surface area (Å²) in [5.74, 6) is 0. The van der Waals surface area contributed by atoms with Crippen LogP contribution < -0.4 is 5.73 Å². The van der Waals surface area contributed by atoms with Gasteiger partial charge in [0, 0.05) is 12.8 Å². The predicted molar refractivity (Wildman–Crippen MR) is 76.8 cm³/mol. The lowest BCUT2D eigenvalue weighted by Gasteiger charge is -2.15. The van der Waals surface area contributed by atoms with Gasteiger partial charge in [-0.15, -0.1) is 0 Å². The molecule has 19 heavy (non-hydrogen) atoms. The fraction of sp³-hybridized carbons (Fsp3) is 0.385. The molecule has 0 fully saturated rings. The van der Waals surface area contributed by atoms with Gasteiger partial charge < -0.3 is 10.5 Å². The van der Waals surface area contributed by atoms with Gasteiger partial charge in [-0.05, 0) is 35.0 Å². The van der Waals surface area contributed by atoms with E-state index >= 15 is 0 Å². The molecule has 0 radical (unpaired) electrons. The highest BCUT2D eigenvalue weighted by Crippen LogP contribution is 2.25. The molecule has 0 aliphatic heterocycles. The summed E-state index contributed by atoms with van der Waals surface area (Å²) in [6, 6.07) is 5.53. The summed E-state index contributed by atoms with van der Waals surface area (Å²) < 4.78 is 7.82. The second-order valence-electron chi connectivity index (χ2n) is 4.28. The molecule has 2 aromatic rings. The van der Waals surface area contributed by atoms with E-state index < -0.39 is 0 Å². The van der Waals surface area contributed by atoms with E-state index in [1.807, 2.05) is 29.8 Å². The van der Waals surface area contributed by atoms with Gasteiger partial charge in [-0.25, -0.2) is 0 Å². The summed E-state index contributed by atoms with van der Waals surface area (Å²) in [6.07, 6.45) is 1.75. The largest absolute Gasteiger partial charge is 0.383 e. The molecule has 0 amide bonds. The van der Waals surface area contributed by atoms with E-state index in [4.69, 9.17) is 10.5 Å². The van der Waals surface area contributed by atoms with Crippen molar-refractivity contribution in [2.75, 3.05) is 13.7 Å². The molecule has 2 N–H and O–H groups in total. The van der Waals surface area contributed by atoms with E-state index in [9.17, 15) is 0 Å². The number of pyridine rings is 1. The number of halogens is 1. The van der Waals surface area contributed by atoms with Crippen molar-refractivity contribution in [3.63, 3.8) is 0 Å². The number of nitrogens with two attached hydrogens (primary N) is 1. The first-order valence-corrected chi connectivity index (χ1v) is 6.82. The zero-order valence-corrected chi connectivity index (χ0v) is 12.6. The Labute approximate surface area is 120 Å². The molecule has 0 saturated heterocycles. The normalized spacial score (nSPS) is 12.6. The van der Waals surface area contributed by atoms with Crippen LogP contribution in [-0.2, 0) is 11.3 Å². The number of rotatable bonds is 5. The molecule has 0 saturated carbocycles. The van der Waals surface area contributed by atoms with Crippen LogP contribution in [0.5, 0.6) is 0 Å². The number of ether oxygens (including phenoxy) is 1. The van der Waals surface area contributed by atoms with Crippen molar-refractivity contribution in [3.8, 4) is 0 Å². The molecule has 0 spiro atoms. The summed E-state index contributed by atoms with van der Waals surface area (Å²) in [6.45, 7) is 3.21. The van der Waals surface area contributed by atoms with Crippen LogP contribution in [0.25, 0.3) is 0 Å². The zero-order chi connectivity index (χ0) is 13.8. The second-order valence-corrected chi connectivity index (χ2v) is 5.13. The number of methoxy groups -OCH3 is 1. The van der Waals surface area contributed by atoms with Crippen LogP contribution in [0.3, 0.4) is 0 Å². The van der Waals surface area contributed by atoms with E-state index in [0.29, 0.717) is 13.2 Å². The quantitative estimate of drug-likeness (QED) is 0.914. The van der Waals surface area contributed by atoms with E-state index in [1.165, 1.54) is 0 Å². The summed E-state index contributed by atoms with van der Waals surface area (Å²) >= 11 is 3.49. The van der Waals surface area contributed by atoms with Crippen molar-refractivity contribution in [2.24, 2.45) is 5.73 Å². The van der Waals surface area contributed by atoms with Crippen LogP contribution in [0.15, 0.2) is 28.9 Å². The van der Waals surface area contributed by atoms with Gasteiger partial charge in [-0.2, -0.15) is 5.10 Å². The van der Waals surface area contributed by atoms with Gasteiger partial charge in [0.05, 0.1) is 41.3 Å². The van der Waals surface area contributed by atoms with Crippen LogP contribution in [0.2, 0.25) is 0 Å². The first-order chi connectivity index (χ1) is 9.13. The smallest absolute Gasteiger partial charge is 0.0908 e. The lowest BCUT2D eigenvalue weighted by Crippen LogP contribution is -2.20. The fourth-order valence-corrected chi connectivity index (χ4v) is 2.46. The van der Waals surface area contributed by atoms with Crippen LogP contribution in [-0.4, -0.2) is 28.5 Å². The van der Waals surface area contributed by atoms with Gasteiger partial charge in [0.25, 0.3) is 0 Å². The molecule has 2 heterocycles. The second kappa shape index (κ2) is 6.27. The van der Waals surface area contributed by atoms with Crippen LogP contribution in [0.1, 0.15) is 23.1 Å². The molecule has 0 aliphatic rings. The van der Waals surface area contributed by atoms with Crippen molar-refractivity contribution in [1.29, 1.82) is 0 Å². The van der Waals surface area contributed by atoms with Crippen molar-refractivity contribution in [1.82, 2.24) is 14.8 Å². The van der Waals surface area contributed by atoms with Gasteiger partial charge in [-0.1, -0.05) is 6.07 Å². The Balaban J connectivity index is 2.32. The Kier molecular flexibility index (Phi) is 4.68. The maximum absolute atomic E-state index is 6.31. The first-order valence-electron chi connectivity index (χ1n) is 6.02. The highest BCUT2D eigenvalue weighted by atomic mass is 79.9. The molecule has 5 nitrogen and oxygen atoms in total.